The molecule has 94 valence electrons. The summed E-state index contributed by atoms with van der Waals surface area (Å²) in [6.45, 7) is 3.54. The van der Waals surface area contributed by atoms with E-state index in [0.717, 1.165) is 12.3 Å². The van der Waals surface area contributed by atoms with Gasteiger partial charge in [-0.2, -0.15) is 0 Å². The molecule has 0 N–H and O–H groups in total. The molecule has 0 atom stereocenters. The van der Waals surface area contributed by atoms with Crippen molar-refractivity contribution in [2.45, 2.75) is 51.9 Å². The van der Waals surface area contributed by atoms with Crippen molar-refractivity contribution in [1.82, 2.24) is 0 Å². The van der Waals surface area contributed by atoms with Crippen LogP contribution >= 0.6 is 0 Å². The molecule has 0 aromatic heterocycles. The Morgan fingerprint density at radius 3 is 2.62 bits per heavy atom. The monoisotopic (exact) mass is 228 g/mol. The van der Waals surface area contributed by atoms with E-state index in [0.29, 0.717) is 26.2 Å². The molecular formula is C13H24O3. The van der Waals surface area contributed by atoms with Crippen molar-refractivity contribution >= 4 is 5.97 Å². The normalized spacial score (nSPS) is 17.3. The van der Waals surface area contributed by atoms with Crippen LogP contribution in [0.1, 0.15) is 51.9 Å². The number of rotatable bonds is 7. The Bertz CT molecular complexity index is 186. The highest BCUT2D eigenvalue weighted by Gasteiger charge is 2.15. The molecule has 1 rings (SSSR count). The Balaban J connectivity index is 1.96. The SMILES string of the molecule is CCOCCOC(=O)CCC1CCCCC1. The van der Waals surface area contributed by atoms with Gasteiger partial charge in [0.05, 0.1) is 6.61 Å². The first-order valence-electron chi connectivity index (χ1n) is 6.56. The molecule has 3 heteroatoms. The first-order valence-corrected chi connectivity index (χ1v) is 6.56. The van der Waals surface area contributed by atoms with Crippen LogP contribution in [0.25, 0.3) is 0 Å². The van der Waals surface area contributed by atoms with Gasteiger partial charge in [-0.1, -0.05) is 32.1 Å². The van der Waals surface area contributed by atoms with Crippen molar-refractivity contribution in [3.8, 4) is 0 Å². The maximum absolute atomic E-state index is 11.4. The van der Waals surface area contributed by atoms with Crippen LogP contribution in [0.15, 0.2) is 0 Å². The largest absolute Gasteiger partial charge is 0.463 e. The lowest BCUT2D eigenvalue weighted by molar-refractivity contribution is -0.145. The van der Waals surface area contributed by atoms with E-state index in [1.807, 2.05) is 6.92 Å². The highest BCUT2D eigenvalue weighted by molar-refractivity contribution is 5.69. The fraction of sp³-hybridized carbons (Fsp3) is 0.923. The molecule has 1 fully saturated rings. The van der Waals surface area contributed by atoms with Gasteiger partial charge in [0.2, 0.25) is 0 Å². The van der Waals surface area contributed by atoms with Crippen LogP contribution in [0.2, 0.25) is 0 Å². The van der Waals surface area contributed by atoms with Gasteiger partial charge in [0, 0.05) is 13.0 Å². The molecule has 3 nitrogen and oxygen atoms in total. The number of carbonyl (C=O) groups is 1. The lowest BCUT2D eigenvalue weighted by Gasteiger charge is -2.20. The third-order valence-corrected chi connectivity index (χ3v) is 3.18. The van der Waals surface area contributed by atoms with E-state index in [-0.39, 0.29) is 5.97 Å². The summed E-state index contributed by atoms with van der Waals surface area (Å²) in [5, 5.41) is 0. The summed E-state index contributed by atoms with van der Waals surface area (Å²) in [6.07, 6.45) is 8.23. The second kappa shape index (κ2) is 8.57. The molecule has 0 bridgehead atoms. The van der Waals surface area contributed by atoms with E-state index in [4.69, 9.17) is 9.47 Å². The van der Waals surface area contributed by atoms with Crippen LogP contribution in [-0.2, 0) is 14.3 Å². The van der Waals surface area contributed by atoms with Gasteiger partial charge in [-0.3, -0.25) is 4.79 Å². The van der Waals surface area contributed by atoms with E-state index >= 15 is 0 Å². The Morgan fingerprint density at radius 2 is 1.94 bits per heavy atom. The number of esters is 1. The third kappa shape index (κ3) is 6.11. The van der Waals surface area contributed by atoms with Crippen molar-refractivity contribution in [2.75, 3.05) is 19.8 Å². The topological polar surface area (TPSA) is 35.5 Å². The summed E-state index contributed by atoms with van der Waals surface area (Å²) >= 11 is 0. The average molecular weight is 228 g/mol. The van der Waals surface area contributed by atoms with Gasteiger partial charge in [0.25, 0.3) is 0 Å². The highest BCUT2D eigenvalue weighted by atomic mass is 16.6. The fourth-order valence-corrected chi connectivity index (χ4v) is 2.23. The lowest BCUT2D eigenvalue weighted by atomic mass is 9.86. The summed E-state index contributed by atoms with van der Waals surface area (Å²) < 4.78 is 10.2. The molecule has 0 saturated heterocycles. The second-order valence-corrected chi connectivity index (χ2v) is 4.46. The Labute approximate surface area is 98.5 Å². The van der Waals surface area contributed by atoms with Crippen molar-refractivity contribution in [3.63, 3.8) is 0 Å². The summed E-state index contributed by atoms with van der Waals surface area (Å²) in [5.74, 6) is 0.693. The lowest BCUT2D eigenvalue weighted by Crippen LogP contribution is -2.13. The molecule has 0 spiro atoms. The highest BCUT2D eigenvalue weighted by Crippen LogP contribution is 2.27. The minimum absolute atomic E-state index is 0.0646. The minimum Gasteiger partial charge on any atom is -0.463 e. The molecule has 0 radical (unpaired) electrons. The van der Waals surface area contributed by atoms with E-state index < -0.39 is 0 Å². The quantitative estimate of drug-likeness (QED) is 0.496. The standard InChI is InChI=1S/C13H24O3/c1-2-15-10-11-16-13(14)9-8-12-6-4-3-5-7-12/h12H,2-11H2,1H3. The predicted molar refractivity (Wildman–Crippen MR) is 63.3 cm³/mol. The molecular weight excluding hydrogens is 204 g/mol. The van der Waals surface area contributed by atoms with Crippen molar-refractivity contribution < 1.29 is 14.3 Å². The van der Waals surface area contributed by atoms with Gasteiger partial charge in [-0.15, -0.1) is 0 Å². The maximum Gasteiger partial charge on any atom is 0.305 e. The van der Waals surface area contributed by atoms with Gasteiger partial charge in [0.15, 0.2) is 0 Å². The van der Waals surface area contributed by atoms with E-state index in [2.05, 4.69) is 0 Å². The first kappa shape index (κ1) is 13.5. The van der Waals surface area contributed by atoms with Crippen LogP contribution in [0.5, 0.6) is 0 Å². The zero-order valence-electron chi connectivity index (χ0n) is 10.4. The van der Waals surface area contributed by atoms with Crippen molar-refractivity contribution in [2.24, 2.45) is 5.92 Å². The molecule has 0 aromatic carbocycles. The Hall–Kier alpha value is -0.570. The zero-order chi connectivity index (χ0) is 11.6. The maximum atomic E-state index is 11.4. The molecule has 1 aliphatic carbocycles. The van der Waals surface area contributed by atoms with Crippen LogP contribution in [0, 0.1) is 5.92 Å². The predicted octanol–water partition coefficient (Wildman–Crippen LogP) is 2.93. The number of ether oxygens (including phenoxy) is 2. The molecule has 1 aliphatic rings. The van der Waals surface area contributed by atoms with Crippen LogP contribution in [0.3, 0.4) is 0 Å². The molecule has 0 unspecified atom stereocenters. The summed E-state index contributed by atoms with van der Waals surface area (Å²) in [5.41, 5.74) is 0. The number of carbonyl (C=O) groups excluding carboxylic acids is 1. The summed E-state index contributed by atoms with van der Waals surface area (Å²) in [6, 6.07) is 0. The molecule has 0 aliphatic heterocycles. The molecule has 0 aromatic rings. The van der Waals surface area contributed by atoms with E-state index in [1.54, 1.807) is 0 Å². The summed E-state index contributed by atoms with van der Waals surface area (Å²) in [4.78, 5) is 11.4. The minimum atomic E-state index is -0.0646. The number of hydrogen-bond acceptors (Lipinski definition) is 3. The summed E-state index contributed by atoms with van der Waals surface area (Å²) in [7, 11) is 0. The average Bonchev–Trinajstić information content (AvgIpc) is 2.33. The fourth-order valence-electron chi connectivity index (χ4n) is 2.23. The Kier molecular flexibility index (Phi) is 7.23. The van der Waals surface area contributed by atoms with Gasteiger partial charge in [0.1, 0.15) is 6.61 Å². The van der Waals surface area contributed by atoms with Crippen LogP contribution in [-0.4, -0.2) is 25.8 Å². The van der Waals surface area contributed by atoms with Gasteiger partial charge < -0.3 is 9.47 Å². The molecule has 0 heterocycles. The Morgan fingerprint density at radius 1 is 1.19 bits per heavy atom. The van der Waals surface area contributed by atoms with E-state index in [9.17, 15) is 4.79 Å². The third-order valence-electron chi connectivity index (χ3n) is 3.18. The van der Waals surface area contributed by atoms with E-state index in [1.165, 1.54) is 32.1 Å². The zero-order valence-corrected chi connectivity index (χ0v) is 10.4. The van der Waals surface area contributed by atoms with Crippen LogP contribution in [0.4, 0.5) is 0 Å². The smallest absolute Gasteiger partial charge is 0.305 e. The van der Waals surface area contributed by atoms with Gasteiger partial charge in [-0.05, 0) is 19.3 Å². The van der Waals surface area contributed by atoms with Gasteiger partial charge >= 0.3 is 5.97 Å². The van der Waals surface area contributed by atoms with Crippen molar-refractivity contribution in [1.29, 1.82) is 0 Å². The van der Waals surface area contributed by atoms with Crippen molar-refractivity contribution in [3.05, 3.63) is 0 Å². The first-order chi connectivity index (χ1) is 7.83. The second-order valence-electron chi connectivity index (χ2n) is 4.46. The molecule has 1 saturated carbocycles. The van der Waals surface area contributed by atoms with Crippen LogP contribution < -0.4 is 0 Å². The molecule has 16 heavy (non-hydrogen) atoms. The van der Waals surface area contributed by atoms with Gasteiger partial charge in [-0.25, -0.2) is 0 Å². The number of hydrogen-bond donors (Lipinski definition) is 0. The molecule has 0 amide bonds.